The van der Waals surface area contributed by atoms with E-state index in [0.717, 1.165) is 23.8 Å². The highest BCUT2D eigenvalue weighted by atomic mass is 16.9. The van der Waals surface area contributed by atoms with Crippen LogP contribution in [0.5, 0.6) is 0 Å². The first-order valence-corrected chi connectivity index (χ1v) is 9.21. The van der Waals surface area contributed by atoms with Gasteiger partial charge in [-0.25, -0.2) is 0 Å². The van der Waals surface area contributed by atoms with Crippen LogP contribution in [-0.2, 0) is 4.84 Å². The number of rotatable bonds is 5. The van der Waals surface area contributed by atoms with Crippen LogP contribution in [0.3, 0.4) is 0 Å². The van der Waals surface area contributed by atoms with Crippen LogP contribution in [-0.4, -0.2) is 16.1 Å². The fraction of sp³-hybridized carbons (Fsp3) is 0.182. The summed E-state index contributed by atoms with van der Waals surface area (Å²) in [4.78, 5) is 22.6. The van der Waals surface area contributed by atoms with Crippen LogP contribution < -0.4 is 0 Å². The molecule has 1 unspecified atom stereocenters. The Labute approximate surface area is 160 Å². The molecule has 140 valence electrons. The first kappa shape index (κ1) is 16.9. The Balaban J connectivity index is 1.49. The van der Waals surface area contributed by atoms with Gasteiger partial charge in [-0.3, -0.25) is 19.8 Å². The highest BCUT2D eigenvalue weighted by molar-refractivity contribution is 6.16. The van der Waals surface area contributed by atoms with E-state index >= 15 is 0 Å². The van der Waals surface area contributed by atoms with Crippen molar-refractivity contribution in [3.8, 4) is 0 Å². The lowest BCUT2D eigenvalue weighted by Crippen LogP contribution is -2.28. The molecule has 6 heteroatoms. The molecule has 1 saturated carbocycles. The largest absolute Gasteiger partial charge is 0.731 e. The molecule has 0 spiro atoms. The van der Waals surface area contributed by atoms with Gasteiger partial charge in [-0.1, -0.05) is 30.3 Å². The van der Waals surface area contributed by atoms with Gasteiger partial charge in [-0.05, 0) is 43.0 Å². The minimum absolute atomic E-state index is 0.104. The van der Waals surface area contributed by atoms with Crippen molar-refractivity contribution >= 4 is 27.8 Å². The average Bonchev–Trinajstić information content (AvgIpc) is 3.51. The Morgan fingerprint density at radius 1 is 1.11 bits per heavy atom. The molecule has 6 nitrogen and oxygen atoms in total. The average molecular weight is 373 g/mol. The first-order valence-electron chi connectivity index (χ1n) is 9.21. The normalized spacial score (nSPS) is 15.0. The summed E-state index contributed by atoms with van der Waals surface area (Å²) >= 11 is 0. The third-order valence-electron chi connectivity index (χ3n) is 5.07. The smallest absolute Gasteiger partial charge is 0.268 e. The SMILES string of the molecule is O=C(c1cccc2oc3ccccc3c12)N([O-])OC(c1cccnc1)C1CC1. The van der Waals surface area contributed by atoms with Crippen LogP contribution in [0.4, 0.5) is 0 Å². The molecule has 0 N–H and O–H groups in total. The van der Waals surface area contributed by atoms with E-state index in [1.54, 1.807) is 36.7 Å². The lowest BCUT2D eigenvalue weighted by Gasteiger charge is -2.31. The van der Waals surface area contributed by atoms with Gasteiger partial charge in [0.15, 0.2) is 0 Å². The molecule has 2 aromatic heterocycles. The Morgan fingerprint density at radius 2 is 1.93 bits per heavy atom. The van der Waals surface area contributed by atoms with Gasteiger partial charge in [0, 0.05) is 28.7 Å². The zero-order chi connectivity index (χ0) is 19.1. The number of hydrogen-bond acceptors (Lipinski definition) is 5. The van der Waals surface area contributed by atoms with E-state index in [1.807, 2.05) is 30.3 Å². The maximum Gasteiger partial charge on any atom is 0.268 e. The van der Waals surface area contributed by atoms with Crippen molar-refractivity contribution in [2.45, 2.75) is 18.9 Å². The predicted molar refractivity (Wildman–Crippen MR) is 104 cm³/mol. The summed E-state index contributed by atoms with van der Waals surface area (Å²) in [7, 11) is 0. The number of fused-ring (bicyclic) bond motifs is 3. The number of para-hydroxylation sites is 1. The van der Waals surface area contributed by atoms with Crippen molar-refractivity contribution in [1.29, 1.82) is 0 Å². The Bertz CT molecular complexity index is 1150. The molecule has 2 aromatic carbocycles. The van der Waals surface area contributed by atoms with E-state index < -0.39 is 12.0 Å². The lowest BCUT2D eigenvalue weighted by molar-refractivity contribution is -0.143. The van der Waals surface area contributed by atoms with Crippen LogP contribution >= 0.6 is 0 Å². The lowest BCUT2D eigenvalue weighted by atomic mass is 10.1. The van der Waals surface area contributed by atoms with Gasteiger partial charge in [0.1, 0.15) is 17.3 Å². The summed E-state index contributed by atoms with van der Waals surface area (Å²) in [5.41, 5.74) is 2.29. The summed E-state index contributed by atoms with van der Waals surface area (Å²) < 4.78 is 5.80. The molecular formula is C22H17N2O4-. The van der Waals surface area contributed by atoms with Gasteiger partial charge in [0.25, 0.3) is 5.91 Å². The third-order valence-corrected chi connectivity index (χ3v) is 5.07. The number of aromatic nitrogens is 1. The van der Waals surface area contributed by atoms with Crippen LogP contribution in [0.1, 0.15) is 34.9 Å². The van der Waals surface area contributed by atoms with Gasteiger partial charge < -0.3 is 9.62 Å². The topological polar surface area (TPSA) is 78.6 Å². The van der Waals surface area contributed by atoms with E-state index in [2.05, 4.69) is 4.98 Å². The maximum absolute atomic E-state index is 12.9. The molecule has 5 rings (SSSR count). The van der Waals surface area contributed by atoms with E-state index in [1.165, 1.54) is 0 Å². The third kappa shape index (κ3) is 2.93. The molecule has 4 aromatic rings. The number of hydroxylamine groups is 2. The Hall–Kier alpha value is -3.22. The second kappa shape index (κ2) is 6.74. The Morgan fingerprint density at radius 3 is 2.71 bits per heavy atom. The molecule has 28 heavy (non-hydrogen) atoms. The molecule has 1 aliphatic carbocycles. The fourth-order valence-corrected chi connectivity index (χ4v) is 3.56. The molecule has 0 aliphatic heterocycles. The molecule has 2 heterocycles. The molecule has 1 amide bonds. The first-order chi connectivity index (χ1) is 13.7. The van der Waals surface area contributed by atoms with Crippen molar-refractivity contribution in [2.75, 3.05) is 0 Å². The number of carbonyl (C=O) groups is 1. The van der Waals surface area contributed by atoms with E-state index in [-0.39, 0.29) is 16.7 Å². The quantitative estimate of drug-likeness (QED) is 0.460. The number of carbonyl (C=O) groups excluding carboxylic acids is 1. The molecular weight excluding hydrogens is 356 g/mol. The van der Waals surface area contributed by atoms with Crippen LogP contribution in [0, 0.1) is 11.1 Å². The van der Waals surface area contributed by atoms with Crippen LogP contribution in [0.25, 0.3) is 21.9 Å². The minimum atomic E-state index is -0.744. The van der Waals surface area contributed by atoms with Crippen LogP contribution in [0.2, 0.25) is 0 Å². The number of furan rings is 1. The molecule has 0 radical (unpaired) electrons. The predicted octanol–water partition coefficient (Wildman–Crippen LogP) is 5.00. The van der Waals surface area contributed by atoms with E-state index in [9.17, 15) is 10.0 Å². The van der Waals surface area contributed by atoms with Gasteiger partial charge in [-0.2, -0.15) is 0 Å². The van der Waals surface area contributed by atoms with Crippen molar-refractivity contribution < 1.29 is 14.0 Å². The number of amides is 1. The number of pyridine rings is 1. The Kier molecular flexibility index (Phi) is 4.07. The number of nitrogens with zero attached hydrogens (tertiary/aromatic N) is 2. The summed E-state index contributed by atoms with van der Waals surface area (Å²) in [5, 5.41) is 14.2. The van der Waals surface area contributed by atoms with Gasteiger partial charge in [0.2, 0.25) is 0 Å². The molecule has 0 saturated heterocycles. The summed E-state index contributed by atoms with van der Waals surface area (Å²) in [5.74, 6) is -0.523. The summed E-state index contributed by atoms with van der Waals surface area (Å²) in [6, 6.07) is 16.2. The van der Waals surface area contributed by atoms with Gasteiger partial charge >= 0.3 is 0 Å². The highest BCUT2D eigenvalue weighted by Crippen LogP contribution is 2.43. The second-order valence-electron chi connectivity index (χ2n) is 6.99. The van der Waals surface area contributed by atoms with Crippen molar-refractivity contribution in [2.24, 2.45) is 5.92 Å². The summed E-state index contributed by atoms with van der Waals surface area (Å²) in [6.45, 7) is 0. The zero-order valence-corrected chi connectivity index (χ0v) is 14.9. The van der Waals surface area contributed by atoms with Crippen molar-refractivity contribution in [1.82, 2.24) is 10.2 Å². The fourth-order valence-electron chi connectivity index (χ4n) is 3.56. The number of benzene rings is 2. The van der Waals surface area contributed by atoms with Crippen LogP contribution in [0.15, 0.2) is 71.4 Å². The maximum atomic E-state index is 12.9. The van der Waals surface area contributed by atoms with E-state index in [4.69, 9.17) is 9.25 Å². The summed E-state index contributed by atoms with van der Waals surface area (Å²) in [6.07, 6.45) is 4.78. The number of hydrogen-bond donors (Lipinski definition) is 0. The minimum Gasteiger partial charge on any atom is -0.731 e. The second-order valence-corrected chi connectivity index (χ2v) is 6.99. The van der Waals surface area contributed by atoms with Gasteiger partial charge in [0.05, 0.1) is 5.56 Å². The monoisotopic (exact) mass is 373 g/mol. The zero-order valence-electron chi connectivity index (χ0n) is 14.9. The standard InChI is InChI=1S/C22H17N2O4/c25-22(24(26)28-21(14-10-11-14)15-5-4-12-23-13-15)17-7-3-9-19-20(17)16-6-1-2-8-18(16)27-19/h1-9,12-14,21H,10-11H2/q-1. The van der Waals surface area contributed by atoms with Crippen molar-refractivity contribution in [3.05, 3.63) is 83.3 Å². The molecule has 1 aliphatic rings. The molecule has 0 bridgehead atoms. The highest BCUT2D eigenvalue weighted by Gasteiger charge is 2.35. The molecule has 1 atom stereocenters. The van der Waals surface area contributed by atoms with Gasteiger partial charge in [-0.15, -0.1) is 0 Å². The molecule has 1 fully saturated rings. The van der Waals surface area contributed by atoms with E-state index in [0.29, 0.717) is 16.6 Å². The van der Waals surface area contributed by atoms with Crippen molar-refractivity contribution in [3.63, 3.8) is 0 Å².